The van der Waals surface area contributed by atoms with Crippen molar-refractivity contribution >= 4 is 5.97 Å². The second kappa shape index (κ2) is 7.91. The lowest BCUT2D eigenvalue weighted by atomic mass is 10.1. The zero-order valence-corrected chi connectivity index (χ0v) is 11.7. The summed E-state index contributed by atoms with van der Waals surface area (Å²) in [5.41, 5.74) is 5.70. The summed E-state index contributed by atoms with van der Waals surface area (Å²) in [7, 11) is 1.91. The van der Waals surface area contributed by atoms with Crippen LogP contribution >= 0.6 is 0 Å². The molecule has 108 valence electrons. The summed E-state index contributed by atoms with van der Waals surface area (Å²) in [6.07, 6.45) is 6.55. The summed E-state index contributed by atoms with van der Waals surface area (Å²) in [6.45, 7) is 3.35. The largest absolute Gasteiger partial charge is 0.480 e. The van der Waals surface area contributed by atoms with E-state index in [4.69, 9.17) is 10.8 Å². The Morgan fingerprint density at radius 1 is 1.58 bits per heavy atom. The Hall–Kier alpha value is -1.40. The second-order valence-electron chi connectivity index (χ2n) is 5.03. The Morgan fingerprint density at radius 2 is 2.32 bits per heavy atom. The van der Waals surface area contributed by atoms with Crippen LogP contribution in [0, 0.1) is 0 Å². The average Bonchev–Trinajstić information content (AvgIpc) is 2.69. The number of aromatic nitrogens is 2. The number of unbranched alkanes of at least 4 members (excludes halogenated alkanes) is 1. The Kier molecular flexibility index (Phi) is 6.52. The smallest absolute Gasteiger partial charge is 0.317 e. The van der Waals surface area contributed by atoms with Crippen molar-refractivity contribution in [1.82, 2.24) is 14.5 Å². The molecule has 0 fully saturated rings. The predicted octanol–water partition coefficient (Wildman–Crippen LogP) is 0.824. The number of carbonyl (C=O) groups is 1. The lowest BCUT2D eigenvalue weighted by Gasteiger charge is -2.20. The normalized spacial score (nSPS) is 12.8. The summed E-state index contributed by atoms with van der Waals surface area (Å²) in [5.74, 6) is 0.0786. The highest BCUT2D eigenvalue weighted by Gasteiger charge is 2.12. The molecule has 1 atom stereocenters. The summed E-state index contributed by atoms with van der Waals surface area (Å²) >= 11 is 0. The number of rotatable bonds is 9. The van der Waals surface area contributed by atoms with E-state index in [1.165, 1.54) is 0 Å². The molecule has 0 bridgehead atoms. The van der Waals surface area contributed by atoms with Crippen LogP contribution in [0.2, 0.25) is 0 Å². The van der Waals surface area contributed by atoms with Gasteiger partial charge in [-0.3, -0.25) is 9.69 Å². The van der Waals surface area contributed by atoms with E-state index in [0.29, 0.717) is 6.54 Å². The molecular weight excluding hydrogens is 244 g/mol. The maximum atomic E-state index is 10.9. The number of carboxylic acid groups (broad SMARTS) is 1. The van der Waals surface area contributed by atoms with Gasteiger partial charge >= 0.3 is 5.97 Å². The number of aryl methyl sites for hydroxylation is 1. The predicted molar refractivity (Wildman–Crippen MR) is 73.6 cm³/mol. The molecule has 1 aromatic heterocycles. The molecule has 1 rings (SSSR count). The van der Waals surface area contributed by atoms with Crippen LogP contribution in [0.5, 0.6) is 0 Å². The van der Waals surface area contributed by atoms with Crippen molar-refractivity contribution in [2.45, 2.75) is 38.8 Å². The first kappa shape index (κ1) is 15.7. The SMILES string of the molecule is C[C@H](N)CCCCN(CC(=O)O)Cc1nccn1C. The van der Waals surface area contributed by atoms with Gasteiger partial charge in [-0.25, -0.2) is 4.98 Å². The van der Waals surface area contributed by atoms with Crippen molar-refractivity contribution in [1.29, 1.82) is 0 Å². The van der Waals surface area contributed by atoms with Gasteiger partial charge in [0.1, 0.15) is 5.82 Å². The second-order valence-corrected chi connectivity index (χ2v) is 5.03. The van der Waals surface area contributed by atoms with E-state index in [1.807, 2.05) is 29.6 Å². The molecule has 0 radical (unpaired) electrons. The number of hydrogen-bond donors (Lipinski definition) is 2. The molecule has 0 unspecified atom stereocenters. The van der Waals surface area contributed by atoms with Gasteiger partial charge in [-0.05, 0) is 26.3 Å². The topological polar surface area (TPSA) is 84.4 Å². The maximum Gasteiger partial charge on any atom is 0.317 e. The van der Waals surface area contributed by atoms with Gasteiger partial charge in [0.05, 0.1) is 13.1 Å². The first-order valence-corrected chi connectivity index (χ1v) is 6.65. The molecule has 6 heteroatoms. The van der Waals surface area contributed by atoms with Gasteiger partial charge in [-0.2, -0.15) is 0 Å². The van der Waals surface area contributed by atoms with E-state index >= 15 is 0 Å². The van der Waals surface area contributed by atoms with Crippen LogP contribution in [-0.4, -0.2) is 44.7 Å². The van der Waals surface area contributed by atoms with E-state index in [2.05, 4.69) is 4.98 Å². The fraction of sp³-hybridized carbons (Fsp3) is 0.692. The van der Waals surface area contributed by atoms with Crippen LogP contribution in [0.1, 0.15) is 32.0 Å². The fourth-order valence-corrected chi connectivity index (χ4v) is 1.96. The maximum absolute atomic E-state index is 10.9. The Bertz CT molecular complexity index is 390. The van der Waals surface area contributed by atoms with Crippen molar-refractivity contribution in [3.63, 3.8) is 0 Å². The van der Waals surface area contributed by atoms with E-state index < -0.39 is 5.97 Å². The minimum absolute atomic E-state index is 0.0467. The molecule has 6 nitrogen and oxygen atoms in total. The van der Waals surface area contributed by atoms with Gasteiger partial charge in [0, 0.05) is 25.5 Å². The molecule has 19 heavy (non-hydrogen) atoms. The zero-order chi connectivity index (χ0) is 14.3. The van der Waals surface area contributed by atoms with Gasteiger partial charge in [0.2, 0.25) is 0 Å². The van der Waals surface area contributed by atoms with Crippen LogP contribution in [0.3, 0.4) is 0 Å². The number of nitrogens with two attached hydrogens (primary N) is 1. The van der Waals surface area contributed by atoms with Crippen LogP contribution in [-0.2, 0) is 18.4 Å². The van der Waals surface area contributed by atoms with Gasteiger partial charge in [0.25, 0.3) is 0 Å². The highest BCUT2D eigenvalue weighted by atomic mass is 16.4. The number of hydrogen-bond acceptors (Lipinski definition) is 4. The van der Waals surface area contributed by atoms with Crippen molar-refractivity contribution in [2.24, 2.45) is 12.8 Å². The molecule has 1 aromatic rings. The molecule has 0 aliphatic carbocycles. The number of carboxylic acids is 1. The number of nitrogens with zero attached hydrogens (tertiary/aromatic N) is 3. The van der Waals surface area contributed by atoms with E-state index in [9.17, 15) is 4.79 Å². The fourth-order valence-electron chi connectivity index (χ4n) is 1.96. The highest BCUT2D eigenvalue weighted by Crippen LogP contribution is 2.05. The molecule has 3 N–H and O–H groups in total. The van der Waals surface area contributed by atoms with Gasteiger partial charge in [0.15, 0.2) is 0 Å². The number of imidazole rings is 1. The summed E-state index contributed by atoms with van der Waals surface area (Å²) in [5, 5.41) is 8.94. The van der Waals surface area contributed by atoms with Crippen LogP contribution < -0.4 is 5.73 Å². The lowest BCUT2D eigenvalue weighted by molar-refractivity contribution is -0.138. The molecule has 0 aliphatic heterocycles. The highest BCUT2D eigenvalue weighted by molar-refractivity contribution is 5.69. The van der Waals surface area contributed by atoms with Gasteiger partial charge < -0.3 is 15.4 Å². The van der Waals surface area contributed by atoms with E-state index in [-0.39, 0.29) is 12.6 Å². The van der Waals surface area contributed by atoms with Crippen molar-refractivity contribution < 1.29 is 9.90 Å². The molecular formula is C13H24N4O2. The molecule has 1 heterocycles. The third-order valence-corrected chi connectivity index (χ3v) is 3.03. The summed E-state index contributed by atoms with van der Waals surface area (Å²) in [6, 6.07) is 0.211. The first-order valence-electron chi connectivity index (χ1n) is 6.65. The van der Waals surface area contributed by atoms with Gasteiger partial charge in [-0.1, -0.05) is 6.42 Å². The van der Waals surface area contributed by atoms with Crippen molar-refractivity contribution in [3.8, 4) is 0 Å². The summed E-state index contributed by atoms with van der Waals surface area (Å²) < 4.78 is 1.91. The Morgan fingerprint density at radius 3 is 2.84 bits per heavy atom. The molecule has 0 amide bonds. The number of aliphatic carboxylic acids is 1. The average molecular weight is 268 g/mol. The molecule has 0 saturated carbocycles. The zero-order valence-electron chi connectivity index (χ0n) is 11.7. The third-order valence-electron chi connectivity index (χ3n) is 3.03. The molecule has 0 aromatic carbocycles. The third kappa shape index (κ3) is 6.35. The molecule has 0 spiro atoms. The Labute approximate surface area is 114 Å². The van der Waals surface area contributed by atoms with Crippen LogP contribution in [0.4, 0.5) is 0 Å². The molecule has 0 aliphatic rings. The van der Waals surface area contributed by atoms with Crippen LogP contribution in [0.25, 0.3) is 0 Å². The van der Waals surface area contributed by atoms with E-state index in [0.717, 1.165) is 31.6 Å². The first-order chi connectivity index (χ1) is 8.99. The monoisotopic (exact) mass is 268 g/mol. The van der Waals surface area contributed by atoms with E-state index in [1.54, 1.807) is 6.20 Å². The minimum atomic E-state index is -0.804. The van der Waals surface area contributed by atoms with Crippen LogP contribution in [0.15, 0.2) is 12.4 Å². The quantitative estimate of drug-likeness (QED) is 0.648. The Balaban J connectivity index is 2.43. The van der Waals surface area contributed by atoms with Crippen molar-refractivity contribution in [3.05, 3.63) is 18.2 Å². The minimum Gasteiger partial charge on any atom is -0.480 e. The summed E-state index contributed by atoms with van der Waals surface area (Å²) in [4.78, 5) is 17.0. The standard InChI is InChI=1S/C13H24N4O2/c1-11(14)5-3-4-7-17(10-13(18)19)9-12-15-6-8-16(12)2/h6,8,11H,3-5,7,9-10,14H2,1-2H3,(H,18,19)/t11-/m0/s1. The van der Waals surface area contributed by atoms with Gasteiger partial charge in [-0.15, -0.1) is 0 Å². The molecule has 0 saturated heterocycles. The lowest BCUT2D eigenvalue weighted by Crippen LogP contribution is -2.31. The van der Waals surface area contributed by atoms with Crippen molar-refractivity contribution in [2.75, 3.05) is 13.1 Å².